The van der Waals surface area contributed by atoms with Crippen LogP contribution >= 0.6 is 11.3 Å². The zero-order chi connectivity index (χ0) is 12.5. The monoisotopic (exact) mass is 264 g/mol. The molecule has 0 saturated heterocycles. The second-order valence-corrected chi connectivity index (χ2v) is 5.59. The van der Waals surface area contributed by atoms with E-state index in [-0.39, 0.29) is 18.8 Å². The van der Waals surface area contributed by atoms with Crippen molar-refractivity contribution in [2.45, 2.75) is 38.0 Å². The van der Waals surface area contributed by atoms with Gasteiger partial charge in [-0.2, -0.15) is 13.2 Å². The summed E-state index contributed by atoms with van der Waals surface area (Å²) in [4.78, 5) is 0.862. The first-order valence-electron chi connectivity index (χ1n) is 5.76. The summed E-state index contributed by atoms with van der Waals surface area (Å²) in [6, 6.07) is 3.69. The third-order valence-electron chi connectivity index (χ3n) is 3.52. The second-order valence-electron chi connectivity index (χ2n) is 4.61. The number of thiophene rings is 1. The van der Waals surface area contributed by atoms with Gasteiger partial charge in [-0.15, -0.1) is 11.3 Å². The highest BCUT2D eigenvalue weighted by Crippen LogP contribution is 2.43. The highest BCUT2D eigenvalue weighted by atomic mass is 32.1. The van der Waals surface area contributed by atoms with Crippen molar-refractivity contribution in [2.24, 2.45) is 11.8 Å². The van der Waals surface area contributed by atoms with Crippen LogP contribution in [-0.2, 0) is 0 Å². The lowest BCUT2D eigenvalue weighted by atomic mass is 9.79. The van der Waals surface area contributed by atoms with Crippen molar-refractivity contribution in [3.8, 4) is 0 Å². The molecule has 0 amide bonds. The van der Waals surface area contributed by atoms with E-state index in [1.54, 1.807) is 0 Å². The van der Waals surface area contributed by atoms with Crippen molar-refractivity contribution >= 4 is 11.3 Å². The first-order chi connectivity index (χ1) is 7.98. The Labute approximate surface area is 102 Å². The standard InChI is InChI=1S/C12H15F3OS/c13-12(14,15)9-5-3-8(4-6-9)11(16)10-2-1-7-17-10/h1-2,7-9,11,16H,3-6H2. The first-order valence-corrected chi connectivity index (χ1v) is 6.64. The van der Waals surface area contributed by atoms with E-state index in [4.69, 9.17) is 0 Å². The van der Waals surface area contributed by atoms with Crippen LogP contribution in [0.1, 0.15) is 36.7 Å². The average molecular weight is 264 g/mol. The number of halogens is 3. The summed E-state index contributed by atoms with van der Waals surface area (Å²) in [6.45, 7) is 0. The maximum atomic E-state index is 12.5. The third kappa shape index (κ3) is 3.01. The Morgan fingerprint density at radius 3 is 2.35 bits per heavy atom. The Bertz CT molecular complexity index is 339. The normalized spacial score (nSPS) is 28.0. The van der Waals surface area contributed by atoms with Gasteiger partial charge in [0.25, 0.3) is 0 Å². The number of rotatable bonds is 2. The van der Waals surface area contributed by atoms with Crippen molar-refractivity contribution < 1.29 is 18.3 Å². The van der Waals surface area contributed by atoms with Crippen LogP contribution in [0.2, 0.25) is 0 Å². The molecular weight excluding hydrogens is 249 g/mol. The van der Waals surface area contributed by atoms with Crippen molar-refractivity contribution in [3.63, 3.8) is 0 Å². The molecule has 0 radical (unpaired) electrons. The minimum atomic E-state index is -4.07. The van der Waals surface area contributed by atoms with Crippen LogP contribution in [0.15, 0.2) is 17.5 Å². The van der Waals surface area contributed by atoms with Gasteiger partial charge in [-0.05, 0) is 43.0 Å². The molecule has 0 aliphatic heterocycles. The highest BCUT2D eigenvalue weighted by Gasteiger charge is 2.42. The summed E-state index contributed by atoms with van der Waals surface area (Å²) in [7, 11) is 0. The molecule has 17 heavy (non-hydrogen) atoms. The molecule has 1 atom stereocenters. The smallest absolute Gasteiger partial charge is 0.387 e. The highest BCUT2D eigenvalue weighted by molar-refractivity contribution is 7.10. The summed E-state index contributed by atoms with van der Waals surface area (Å²) in [5.74, 6) is -1.19. The molecule has 1 nitrogen and oxygen atoms in total. The number of hydrogen-bond acceptors (Lipinski definition) is 2. The van der Waals surface area contributed by atoms with Crippen molar-refractivity contribution in [2.75, 3.05) is 0 Å². The molecule has 5 heteroatoms. The van der Waals surface area contributed by atoms with E-state index in [9.17, 15) is 18.3 Å². The van der Waals surface area contributed by atoms with E-state index in [2.05, 4.69) is 0 Å². The van der Waals surface area contributed by atoms with E-state index in [1.165, 1.54) is 11.3 Å². The van der Waals surface area contributed by atoms with Gasteiger partial charge < -0.3 is 5.11 Å². The van der Waals surface area contributed by atoms with Crippen LogP contribution in [0.5, 0.6) is 0 Å². The van der Waals surface area contributed by atoms with Crippen LogP contribution in [0.25, 0.3) is 0 Å². The predicted octanol–water partition coefficient (Wildman–Crippen LogP) is 4.15. The molecule has 1 aromatic rings. The third-order valence-corrected chi connectivity index (χ3v) is 4.46. The van der Waals surface area contributed by atoms with Gasteiger partial charge in [0.1, 0.15) is 0 Å². The van der Waals surface area contributed by atoms with Crippen molar-refractivity contribution in [3.05, 3.63) is 22.4 Å². The molecule has 0 spiro atoms. The Balaban J connectivity index is 1.91. The molecule has 1 aliphatic rings. The summed E-state index contributed by atoms with van der Waals surface area (Å²) in [6.07, 6.45) is -3.44. The van der Waals surface area contributed by atoms with E-state index < -0.39 is 18.2 Å². The Morgan fingerprint density at radius 2 is 1.88 bits per heavy atom. The Morgan fingerprint density at radius 1 is 1.24 bits per heavy atom. The minimum absolute atomic E-state index is 0.0211. The van der Waals surface area contributed by atoms with Crippen LogP contribution in [0, 0.1) is 11.8 Å². The fourth-order valence-electron chi connectivity index (χ4n) is 2.45. The lowest BCUT2D eigenvalue weighted by Gasteiger charge is -2.32. The molecule has 0 aromatic carbocycles. The summed E-state index contributed by atoms with van der Waals surface area (Å²) in [5.41, 5.74) is 0. The van der Waals surface area contributed by atoms with Crippen LogP contribution in [0.4, 0.5) is 13.2 Å². The molecule has 1 N–H and O–H groups in total. The summed E-state index contributed by atoms with van der Waals surface area (Å²) >= 11 is 1.46. The summed E-state index contributed by atoms with van der Waals surface area (Å²) in [5, 5.41) is 11.9. The van der Waals surface area contributed by atoms with Gasteiger partial charge in [-0.25, -0.2) is 0 Å². The molecule has 1 unspecified atom stereocenters. The average Bonchev–Trinajstić information content (AvgIpc) is 2.80. The van der Waals surface area contributed by atoms with Gasteiger partial charge in [-0.3, -0.25) is 0 Å². The van der Waals surface area contributed by atoms with E-state index >= 15 is 0 Å². The van der Waals surface area contributed by atoms with Gasteiger partial charge >= 0.3 is 6.18 Å². The van der Waals surface area contributed by atoms with Crippen molar-refractivity contribution in [1.29, 1.82) is 0 Å². The first kappa shape index (κ1) is 12.9. The maximum absolute atomic E-state index is 12.5. The number of hydrogen-bond donors (Lipinski definition) is 1. The van der Waals surface area contributed by atoms with E-state index in [0.29, 0.717) is 12.8 Å². The molecule has 1 aliphatic carbocycles. The zero-order valence-corrected chi connectivity index (χ0v) is 10.1. The van der Waals surface area contributed by atoms with Gasteiger partial charge in [0, 0.05) is 4.88 Å². The topological polar surface area (TPSA) is 20.2 Å². The van der Waals surface area contributed by atoms with Crippen LogP contribution in [0.3, 0.4) is 0 Å². The quantitative estimate of drug-likeness (QED) is 0.850. The fraction of sp³-hybridized carbons (Fsp3) is 0.667. The Hall–Kier alpha value is -0.550. The molecule has 1 fully saturated rings. The number of aliphatic hydroxyl groups is 1. The largest absolute Gasteiger partial charge is 0.391 e. The molecule has 1 saturated carbocycles. The van der Waals surface area contributed by atoms with Gasteiger partial charge in [0.15, 0.2) is 0 Å². The number of aliphatic hydroxyl groups excluding tert-OH is 1. The molecular formula is C12H15F3OS. The lowest BCUT2D eigenvalue weighted by Crippen LogP contribution is -2.29. The molecule has 1 heterocycles. The second kappa shape index (κ2) is 4.98. The molecule has 1 aromatic heterocycles. The van der Waals surface area contributed by atoms with Crippen LogP contribution in [-0.4, -0.2) is 11.3 Å². The SMILES string of the molecule is OC(c1cccs1)C1CCC(C(F)(F)F)CC1. The maximum Gasteiger partial charge on any atom is 0.391 e. The Kier molecular flexibility index (Phi) is 3.78. The van der Waals surface area contributed by atoms with Crippen LogP contribution < -0.4 is 0 Å². The van der Waals surface area contributed by atoms with Gasteiger partial charge in [0.05, 0.1) is 12.0 Å². The lowest BCUT2D eigenvalue weighted by molar-refractivity contribution is -0.185. The van der Waals surface area contributed by atoms with E-state index in [0.717, 1.165) is 4.88 Å². The molecule has 0 bridgehead atoms. The number of alkyl halides is 3. The summed E-state index contributed by atoms with van der Waals surface area (Å²) < 4.78 is 37.4. The van der Waals surface area contributed by atoms with Gasteiger partial charge in [0.2, 0.25) is 0 Å². The molecule has 2 rings (SSSR count). The fourth-order valence-corrected chi connectivity index (χ4v) is 3.26. The van der Waals surface area contributed by atoms with Crippen molar-refractivity contribution in [1.82, 2.24) is 0 Å². The zero-order valence-electron chi connectivity index (χ0n) is 9.28. The predicted molar refractivity (Wildman–Crippen MR) is 60.8 cm³/mol. The van der Waals surface area contributed by atoms with Gasteiger partial charge in [-0.1, -0.05) is 6.07 Å². The minimum Gasteiger partial charge on any atom is -0.387 e. The van der Waals surface area contributed by atoms with E-state index in [1.807, 2.05) is 17.5 Å². The molecule has 96 valence electrons.